The number of benzene rings is 1. The van der Waals surface area contributed by atoms with Crippen LogP contribution in [0.25, 0.3) is 0 Å². The van der Waals surface area contributed by atoms with Crippen molar-refractivity contribution in [1.82, 2.24) is 4.57 Å². The van der Waals surface area contributed by atoms with E-state index < -0.39 is 5.97 Å². The summed E-state index contributed by atoms with van der Waals surface area (Å²) in [6.07, 6.45) is -0.106. The number of ketones is 1. The Morgan fingerprint density at radius 1 is 1.23 bits per heavy atom. The Bertz CT molecular complexity index is 691. The van der Waals surface area contributed by atoms with E-state index in [1.54, 1.807) is 48.9 Å². The zero-order valence-electron chi connectivity index (χ0n) is 15.2. The molecule has 1 heterocycles. The Kier molecular flexibility index (Phi) is 9.25. The third-order valence-electron chi connectivity index (χ3n) is 3.18. The first-order valence-corrected chi connectivity index (χ1v) is 6.45. The maximum atomic E-state index is 12.5. The van der Waals surface area contributed by atoms with E-state index in [4.69, 9.17) is 16.7 Å². The third-order valence-corrected chi connectivity index (χ3v) is 3.43. The van der Waals surface area contributed by atoms with Crippen LogP contribution in [0.15, 0.2) is 30.3 Å². The van der Waals surface area contributed by atoms with Crippen LogP contribution in [0, 0.1) is 6.92 Å². The standard InChI is InChI=1S/C15H14ClNO3.2Na.2H/c1-9-7-12(8-13(18)19)17(2)14(9)15(20)10-3-5-11(16)6-4-10;;;;/h3-7H,8H2,1-2H3,(H,18,19);;;;/q;2*+1;2*-1. The average molecular weight is 340 g/mol. The Labute approximate surface area is 181 Å². The summed E-state index contributed by atoms with van der Waals surface area (Å²) in [6.45, 7) is 1.80. The number of carboxylic acids is 1. The summed E-state index contributed by atoms with van der Waals surface area (Å²) in [5.74, 6) is -1.06. The molecule has 7 heteroatoms. The largest absolute Gasteiger partial charge is 1.00 e. The first-order chi connectivity index (χ1) is 9.40. The van der Waals surface area contributed by atoms with E-state index in [0.717, 1.165) is 5.56 Å². The van der Waals surface area contributed by atoms with Gasteiger partial charge in [0.05, 0.1) is 12.1 Å². The van der Waals surface area contributed by atoms with Crippen molar-refractivity contribution >= 4 is 23.4 Å². The molecule has 0 saturated carbocycles. The van der Waals surface area contributed by atoms with Gasteiger partial charge in [0.15, 0.2) is 0 Å². The van der Waals surface area contributed by atoms with Gasteiger partial charge in [-0.05, 0) is 42.8 Å². The van der Waals surface area contributed by atoms with E-state index >= 15 is 0 Å². The zero-order chi connectivity index (χ0) is 14.9. The Morgan fingerprint density at radius 2 is 1.77 bits per heavy atom. The van der Waals surface area contributed by atoms with Crippen molar-refractivity contribution in [3.63, 3.8) is 0 Å². The van der Waals surface area contributed by atoms with Crippen molar-refractivity contribution in [2.75, 3.05) is 0 Å². The number of hydrogen-bond donors (Lipinski definition) is 1. The molecule has 0 bridgehead atoms. The molecule has 0 aliphatic heterocycles. The molecular weight excluding hydrogens is 324 g/mol. The zero-order valence-corrected chi connectivity index (χ0v) is 17.9. The molecule has 1 aromatic heterocycles. The number of nitrogens with zero attached hydrogens (tertiary/aromatic N) is 1. The molecule has 1 aromatic carbocycles. The number of carbonyl (C=O) groups is 2. The van der Waals surface area contributed by atoms with Crippen molar-refractivity contribution in [3.8, 4) is 0 Å². The molecule has 4 nitrogen and oxygen atoms in total. The Morgan fingerprint density at radius 3 is 2.27 bits per heavy atom. The molecule has 108 valence electrons. The van der Waals surface area contributed by atoms with Gasteiger partial charge in [-0.2, -0.15) is 0 Å². The summed E-state index contributed by atoms with van der Waals surface area (Å²) in [7, 11) is 1.70. The smallest absolute Gasteiger partial charge is 1.00 e. The molecule has 0 amide bonds. The quantitative estimate of drug-likeness (QED) is 0.479. The number of rotatable bonds is 4. The monoisotopic (exact) mass is 339 g/mol. The first kappa shape index (κ1) is 21.9. The number of aryl methyl sites for hydroxylation is 1. The fourth-order valence-corrected chi connectivity index (χ4v) is 2.34. The van der Waals surface area contributed by atoms with Crippen molar-refractivity contribution in [2.45, 2.75) is 13.3 Å². The second kappa shape index (κ2) is 9.28. The summed E-state index contributed by atoms with van der Waals surface area (Å²) in [5.41, 5.74) is 2.40. The molecule has 0 radical (unpaired) electrons. The SMILES string of the molecule is Cc1cc(CC(=O)O)n(C)c1C(=O)c1ccc(Cl)cc1.[H-].[H-].[Na+].[Na+]. The van der Waals surface area contributed by atoms with Gasteiger partial charge in [-0.3, -0.25) is 9.59 Å². The average Bonchev–Trinajstić information content (AvgIpc) is 2.64. The summed E-state index contributed by atoms with van der Waals surface area (Å²) in [5, 5.41) is 9.43. The topological polar surface area (TPSA) is 59.3 Å². The van der Waals surface area contributed by atoms with Gasteiger partial charge in [0.2, 0.25) is 5.78 Å². The van der Waals surface area contributed by atoms with Crippen LogP contribution in [0.5, 0.6) is 0 Å². The van der Waals surface area contributed by atoms with E-state index in [0.29, 0.717) is 22.0 Å². The molecular formula is C15H16ClNNa2O3. The van der Waals surface area contributed by atoms with E-state index in [1.807, 2.05) is 0 Å². The van der Waals surface area contributed by atoms with Gasteiger partial charge in [-0.25, -0.2) is 0 Å². The van der Waals surface area contributed by atoms with Crippen molar-refractivity contribution < 1.29 is 76.7 Å². The molecule has 1 N–H and O–H groups in total. The minimum Gasteiger partial charge on any atom is -1.00 e. The maximum Gasteiger partial charge on any atom is 1.00 e. The van der Waals surface area contributed by atoms with Crippen molar-refractivity contribution in [1.29, 1.82) is 0 Å². The minimum atomic E-state index is -0.920. The molecule has 0 atom stereocenters. The molecule has 0 fully saturated rings. The van der Waals surface area contributed by atoms with Crippen molar-refractivity contribution in [3.05, 3.63) is 57.9 Å². The van der Waals surface area contributed by atoms with Crippen LogP contribution in [0.2, 0.25) is 5.02 Å². The van der Waals surface area contributed by atoms with Crippen LogP contribution < -0.4 is 59.1 Å². The van der Waals surface area contributed by atoms with Gasteiger partial charge < -0.3 is 12.5 Å². The number of aliphatic carboxylic acids is 1. The third kappa shape index (κ3) is 4.96. The first-order valence-electron chi connectivity index (χ1n) is 6.07. The Hall–Kier alpha value is -0.0700. The molecule has 22 heavy (non-hydrogen) atoms. The second-order valence-electron chi connectivity index (χ2n) is 4.63. The molecule has 0 aliphatic carbocycles. The maximum absolute atomic E-state index is 12.5. The van der Waals surface area contributed by atoms with Gasteiger partial charge in [-0.1, -0.05) is 11.6 Å². The van der Waals surface area contributed by atoms with Crippen LogP contribution in [-0.4, -0.2) is 21.4 Å². The second-order valence-corrected chi connectivity index (χ2v) is 5.07. The molecule has 2 rings (SSSR count). The van der Waals surface area contributed by atoms with Gasteiger partial charge in [0, 0.05) is 23.3 Å². The van der Waals surface area contributed by atoms with Crippen LogP contribution in [0.1, 0.15) is 30.2 Å². The normalized spacial score (nSPS) is 9.59. The summed E-state index contributed by atoms with van der Waals surface area (Å²) in [6, 6.07) is 8.37. The summed E-state index contributed by atoms with van der Waals surface area (Å²) in [4.78, 5) is 23.3. The minimum absolute atomic E-state index is 0. The summed E-state index contributed by atoms with van der Waals surface area (Å²) >= 11 is 5.80. The molecule has 0 spiro atoms. The van der Waals surface area contributed by atoms with Crippen LogP contribution in [0.3, 0.4) is 0 Å². The molecule has 0 unspecified atom stereocenters. The van der Waals surface area contributed by atoms with Gasteiger partial charge >= 0.3 is 65.1 Å². The number of carboxylic acid groups (broad SMARTS) is 1. The number of carbonyl (C=O) groups excluding carboxylic acids is 1. The van der Waals surface area contributed by atoms with Crippen LogP contribution in [0.4, 0.5) is 0 Å². The van der Waals surface area contributed by atoms with Crippen LogP contribution >= 0.6 is 11.6 Å². The molecule has 2 aromatic rings. The summed E-state index contributed by atoms with van der Waals surface area (Å²) < 4.78 is 1.64. The predicted molar refractivity (Wildman–Crippen MR) is 78.6 cm³/mol. The molecule has 0 aliphatic rings. The van der Waals surface area contributed by atoms with Gasteiger partial charge in [-0.15, -0.1) is 0 Å². The van der Waals surface area contributed by atoms with E-state index in [-0.39, 0.29) is 74.2 Å². The van der Waals surface area contributed by atoms with Crippen molar-refractivity contribution in [2.24, 2.45) is 7.05 Å². The van der Waals surface area contributed by atoms with E-state index in [2.05, 4.69) is 0 Å². The fourth-order valence-electron chi connectivity index (χ4n) is 2.22. The fraction of sp³-hybridized carbons (Fsp3) is 0.200. The molecule has 0 saturated heterocycles. The van der Waals surface area contributed by atoms with Gasteiger partial charge in [0.1, 0.15) is 0 Å². The van der Waals surface area contributed by atoms with E-state index in [9.17, 15) is 9.59 Å². The number of aromatic nitrogens is 1. The van der Waals surface area contributed by atoms with E-state index in [1.165, 1.54) is 0 Å². The Balaban J connectivity index is -0.00000110. The van der Waals surface area contributed by atoms with Crippen LogP contribution in [-0.2, 0) is 18.3 Å². The number of hydrogen-bond acceptors (Lipinski definition) is 2. The van der Waals surface area contributed by atoms with Gasteiger partial charge in [0.25, 0.3) is 0 Å². The number of halogens is 1. The predicted octanol–water partition coefficient (Wildman–Crippen LogP) is -2.92.